The van der Waals surface area contributed by atoms with Crippen molar-refractivity contribution >= 4 is 18.6 Å². The normalized spacial score (nSPS) is 22.0. The Kier molecular flexibility index (Phi) is 7.09. The van der Waals surface area contributed by atoms with Crippen molar-refractivity contribution in [2.24, 2.45) is 0 Å². The number of carbonyl (C=O) groups is 1. The summed E-state index contributed by atoms with van der Waals surface area (Å²) in [5, 5.41) is 0. The van der Waals surface area contributed by atoms with Crippen LogP contribution >= 0.6 is 12.6 Å². The molecule has 1 fully saturated rings. The van der Waals surface area contributed by atoms with Gasteiger partial charge in [0.1, 0.15) is 6.04 Å². The van der Waals surface area contributed by atoms with Crippen LogP contribution < -0.4 is 0 Å². The zero-order chi connectivity index (χ0) is 10.3. The third-order valence-corrected chi connectivity index (χ3v) is 2.38. The second kappa shape index (κ2) is 7.21. The molecule has 0 N–H and O–H groups in total. The largest absolute Gasteiger partial charge is 0.468 e. The Morgan fingerprint density at radius 1 is 1.62 bits per heavy atom. The van der Waals surface area contributed by atoms with E-state index in [1.807, 2.05) is 18.7 Å². The maximum Gasteiger partial charge on any atom is 0.323 e. The number of nitrogens with zero attached hydrogens (tertiary/aromatic N) is 1. The van der Waals surface area contributed by atoms with Crippen LogP contribution in [-0.4, -0.2) is 36.4 Å². The predicted octanol–water partition coefficient (Wildman–Crippen LogP) is 1.54. The minimum Gasteiger partial charge on any atom is -0.468 e. The van der Waals surface area contributed by atoms with E-state index in [2.05, 4.69) is 17.4 Å². The topological polar surface area (TPSA) is 29.5 Å². The summed E-state index contributed by atoms with van der Waals surface area (Å²) >= 11 is 4.13. The zero-order valence-corrected chi connectivity index (χ0v) is 9.51. The molecule has 1 atom stereocenters. The maximum absolute atomic E-state index is 11.1. The maximum atomic E-state index is 11.1. The van der Waals surface area contributed by atoms with Crippen molar-refractivity contribution in [3.63, 3.8) is 0 Å². The highest BCUT2D eigenvalue weighted by atomic mass is 32.1. The van der Waals surface area contributed by atoms with Gasteiger partial charge in [-0.1, -0.05) is 13.8 Å². The van der Waals surface area contributed by atoms with Crippen molar-refractivity contribution in [1.29, 1.82) is 0 Å². The third kappa shape index (κ3) is 3.56. The molecule has 13 heavy (non-hydrogen) atoms. The first-order chi connectivity index (χ1) is 6.29. The summed E-state index contributed by atoms with van der Waals surface area (Å²) in [7, 11) is 1.43. The number of hydrogen-bond donors (Lipinski definition) is 1. The van der Waals surface area contributed by atoms with Crippen LogP contribution in [0.5, 0.6) is 0 Å². The van der Waals surface area contributed by atoms with Gasteiger partial charge in [0.25, 0.3) is 0 Å². The minimum atomic E-state index is -0.128. The van der Waals surface area contributed by atoms with Crippen molar-refractivity contribution in [1.82, 2.24) is 4.90 Å². The van der Waals surface area contributed by atoms with Gasteiger partial charge in [-0.15, -0.1) is 0 Å². The van der Waals surface area contributed by atoms with Crippen molar-refractivity contribution in [2.75, 3.05) is 19.5 Å². The highest BCUT2D eigenvalue weighted by molar-refractivity contribution is 7.80. The van der Waals surface area contributed by atoms with Crippen LogP contribution in [0.2, 0.25) is 0 Å². The molecule has 1 aliphatic rings. The van der Waals surface area contributed by atoms with E-state index in [1.165, 1.54) is 7.11 Å². The summed E-state index contributed by atoms with van der Waals surface area (Å²) in [4.78, 5) is 13.1. The number of hydrogen-bond acceptors (Lipinski definition) is 4. The molecular formula is C9H19NO2S. The molecule has 1 rings (SSSR count). The predicted molar refractivity (Wildman–Crippen MR) is 56.9 cm³/mol. The van der Waals surface area contributed by atoms with E-state index in [9.17, 15) is 4.79 Å². The Morgan fingerprint density at radius 2 is 2.23 bits per heavy atom. The van der Waals surface area contributed by atoms with Crippen LogP contribution in [0.15, 0.2) is 0 Å². The molecule has 3 nitrogen and oxygen atoms in total. The van der Waals surface area contributed by atoms with Gasteiger partial charge in [-0.05, 0) is 19.4 Å². The van der Waals surface area contributed by atoms with E-state index in [0.717, 1.165) is 19.4 Å². The lowest BCUT2D eigenvalue weighted by Gasteiger charge is -2.19. The molecule has 0 radical (unpaired) electrons. The Morgan fingerprint density at radius 3 is 2.69 bits per heavy atom. The molecule has 0 bridgehead atoms. The molecule has 0 aromatic carbocycles. The Bertz CT molecular complexity index is 153. The summed E-state index contributed by atoms with van der Waals surface area (Å²) in [6, 6.07) is -0.0440. The van der Waals surface area contributed by atoms with Crippen LogP contribution in [0.1, 0.15) is 26.7 Å². The second-order valence-corrected chi connectivity index (χ2v) is 2.92. The van der Waals surface area contributed by atoms with Gasteiger partial charge in [0.05, 0.1) is 7.11 Å². The quantitative estimate of drug-likeness (QED) is 0.548. The minimum absolute atomic E-state index is 0.0440. The summed E-state index contributed by atoms with van der Waals surface area (Å²) in [6.07, 6.45) is 1.98. The lowest BCUT2D eigenvalue weighted by molar-refractivity contribution is -0.145. The summed E-state index contributed by atoms with van der Waals surface area (Å²) < 4.78 is 4.65. The lowest BCUT2D eigenvalue weighted by atomic mass is 10.2. The Labute approximate surface area is 85.8 Å². The molecule has 4 heteroatoms. The monoisotopic (exact) mass is 205 g/mol. The van der Waals surface area contributed by atoms with Crippen LogP contribution in [0.3, 0.4) is 0 Å². The zero-order valence-electron chi connectivity index (χ0n) is 8.62. The van der Waals surface area contributed by atoms with Gasteiger partial charge in [-0.25, -0.2) is 0 Å². The number of esters is 1. The van der Waals surface area contributed by atoms with Gasteiger partial charge in [0, 0.05) is 5.88 Å². The number of thiol groups is 1. The van der Waals surface area contributed by atoms with Gasteiger partial charge in [-0.3, -0.25) is 9.69 Å². The van der Waals surface area contributed by atoms with Crippen LogP contribution in [0.4, 0.5) is 0 Å². The molecule has 1 heterocycles. The second-order valence-electron chi connectivity index (χ2n) is 2.63. The first-order valence-corrected chi connectivity index (χ1v) is 5.35. The van der Waals surface area contributed by atoms with E-state index in [4.69, 9.17) is 0 Å². The van der Waals surface area contributed by atoms with Gasteiger partial charge >= 0.3 is 5.97 Å². The van der Waals surface area contributed by atoms with Gasteiger partial charge < -0.3 is 4.74 Å². The van der Waals surface area contributed by atoms with E-state index >= 15 is 0 Å². The molecule has 0 aromatic rings. The van der Waals surface area contributed by atoms with Crippen LogP contribution in [-0.2, 0) is 9.53 Å². The number of ether oxygens (including phenoxy) is 1. The number of rotatable bonds is 2. The van der Waals surface area contributed by atoms with Crippen LogP contribution in [0, 0.1) is 0 Å². The van der Waals surface area contributed by atoms with Crippen molar-refractivity contribution in [2.45, 2.75) is 32.7 Å². The van der Waals surface area contributed by atoms with E-state index < -0.39 is 0 Å². The van der Waals surface area contributed by atoms with Crippen LogP contribution in [0.25, 0.3) is 0 Å². The highest BCUT2D eigenvalue weighted by Crippen LogP contribution is 2.17. The van der Waals surface area contributed by atoms with Gasteiger partial charge in [-0.2, -0.15) is 12.6 Å². The average Bonchev–Trinajstić information content (AvgIpc) is 2.67. The number of methoxy groups -OCH3 is 1. The lowest BCUT2D eigenvalue weighted by Crippen LogP contribution is -2.35. The van der Waals surface area contributed by atoms with E-state index in [1.54, 1.807) is 0 Å². The average molecular weight is 205 g/mol. The number of likely N-dealkylation sites (tertiary alicyclic amines) is 1. The van der Waals surface area contributed by atoms with Crippen molar-refractivity contribution in [3.05, 3.63) is 0 Å². The fourth-order valence-electron chi connectivity index (χ4n) is 1.40. The van der Waals surface area contributed by atoms with E-state index in [0.29, 0.717) is 5.88 Å². The number of carbonyl (C=O) groups excluding carboxylic acids is 1. The molecule has 78 valence electrons. The Balaban J connectivity index is 0.000000671. The molecular weight excluding hydrogens is 186 g/mol. The van der Waals surface area contributed by atoms with Gasteiger partial charge in [0.15, 0.2) is 0 Å². The summed E-state index contributed by atoms with van der Waals surface area (Å²) in [5.41, 5.74) is 0. The smallest absolute Gasteiger partial charge is 0.323 e. The first kappa shape index (κ1) is 12.8. The highest BCUT2D eigenvalue weighted by Gasteiger charge is 2.30. The molecule has 1 unspecified atom stereocenters. The molecule has 0 aliphatic carbocycles. The third-order valence-electron chi connectivity index (χ3n) is 2.02. The molecule has 1 aliphatic heterocycles. The molecule has 0 spiro atoms. The standard InChI is InChI=1S/C7H13NO2S.C2H6/c1-10-7(9)6-3-2-4-8(6)5-11;1-2/h6,11H,2-5H2,1H3;1-2H3. The first-order valence-electron chi connectivity index (χ1n) is 4.72. The molecule has 0 saturated carbocycles. The van der Waals surface area contributed by atoms with Crippen molar-refractivity contribution < 1.29 is 9.53 Å². The van der Waals surface area contributed by atoms with Gasteiger partial charge in [0.2, 0.25) is 0 Å². The summed E-state index contributed by atoms with van der Waals surface area (Å²) in [6.45, 7) is 4.96. The summed E-state index contributed by atoms with van der Waals surface area (Å²) in [5.74, 6) is 0.510. The van der Waals surface area contributed by atoms with Crippen molar-refractivity contribution in [3.8, 4) is 0 Å². The Hall–Kier alpha value is -0.220. The SMILES string of the molecule is CC.COC(=O)C1CCCN1CS. The fourth-order valence-corrected chi connectivity index (χ4v) is 1.74. The molecule has 1 saturated heterocycles. The molecule has 0 aromatic heterocycles. The fraction of sp³-hybridized carbons (Fsp3) is 0.889. The molecule has 0 amide bonds. The van der Waals surface area contributed by atoms with E-state index in [-0.39, 0.29) is 12.0 Å².